The summed E-state index contributed by atoms with van der Waals surface area (Å²) in [5.41, 5.74) is 4.34. The van der Waals surface area contributed by atoms with E-state index in [9.17, 15) is 4.79 Å². The molecule has 1 unspecified atom stereocenters. The molecule has 1 saturated heterocycles. The number of hydrogen-bond acceptors (Lipinski definition) is 3. The Morgan fingerprint density at radius 2 is 1.58 bits per heavy atom. The summed E-state index contributed by atoms with van der Waals surface area (Å²) >= 11 is 0. The summed E-state index contributed by atoms with van der Waals surface area (Å²) in [6.07, 6.45) is 4.88. The Hall–Kier alpha value is -2.49. The van der Waals surface area contributed by atoms with Crippen LogP contribution < -0.4 is 15.5 Å². The minimum atomic E-state index is -0.302. The summed E-state index contributed by atoms with van der Waals surface area (Å²) in [6.45, 7) is 6.27. The number of carbonyl (C=O) groups excluding carboxylic acids is 1. The van der Waals surface area contributed by atoms with Crippen molar-refractivity contribution >= 4 is 23.0 Å². The Balaban J connectivity index is 1.54. The topological polar surface area (TPSA) is 44.4 Å². The van der Waals surface area contributed by atoms with Crippen molar-refractivity contribution in [1.29, 1.82) is 0 Å². The van der Waals surface area contributed by atoms with Crippen LogP contribution in [0.5, 0.6) is 0 Å². The number of carbonyl (C=O) groups is 1. The molecule has 2 aromatic rings. The quantitative estimate of drug-likeness (QED) is 0.794. The lowest BCUT2D eigenvalue weighted by Crippen LogP contribution is -2.32. The van der Waals surface area contributed by atoms with Crippen LogP contribution in [-0.4, -0.2) is 25.0 Å². The van der Waals surface area contributed by atoms with Gasteiger partial charge in [0, 0.05) is 30.2 Å². The number of rotatable bonds is 6. The zero-order valence-corrected chi connectivity index (χ0v) is 15.8. The Bertz CT molecular complexity index is 703. The van der Waals surface area contributed by atoms with E-state index in [0.717, 1.165) is 30.9 Å². The van der Waals surface area contributed by atoms with Gasteiger partial charge in [-0.05, 0) is 74.6 Å². The van der Waals surface area contributed by atoms with Crippen LogP contribution in [-0.2, 0) is 11.2 Å². The second-order valence-corrected chi connectivity index (χ2v) is 7.00. The van der Waals surface area contributed by atoms with Crippen LogP contribution in [0.25, 0.3) is 0 Å². The number of hydrogen-bond donors (Lipinski definition) is 2. The molecule has 26 heavy (non-hydrogen) atoms. The summed E-state index contributed by atoms with van der Waals surface area (Å²) in [6, 6.07) is 16.1. The monoisotopic (exact) mass is 351 g/mol. The van der Waals surface area contributed by atoms with Crippen molar-refractivity contribution in [3.8, 4) is 0 Å². The van der Waals surface area contributed by atoms with Crippen LogP contribution in [0.15, 0.2) is 48.5 Å². The molecule has 4 nitrogen and oxygen atoms in total. The summed E-state index contributed by atoms with van der Waals surface area (Å²) in [7, 11) is 0. The van der Waals surface area contributed by atoms with Crippen molar-refractivity contribution in [2.24, 2.45) is 0 Å². The van der Waals surface area contributed by atoms with Gasteiger partial charge in [-0.15, -0.1) is 0 Å². The van der Waals surface area contributed by atoms with Gasteiger partial charge in [0.05, 0.1) is 0 Å². The molecule has 3 rings (SSSR count). The molecule has 0 aliphatic carbocycles. The minimum Gasteiger partial charge on any atom is -0.374 e. The Morgan fingerprint density at radius 1 is 0.962 bits per heavy atom. The number of benzene rings is 2. The summed E-state index contributed by atoms with van der Waals surface area (Å²) in [4.78, 5) is 14.9. The normalized spacial score (nSPS) is 15.4. The third-order valence-corrected chi connectivity index (χ3v) is 4.99. The molecule has 1 aliphatic rings. The molecule has 1 fully saturated rings. The van der Waals surface area contributed by atoms with Crippen LogP contribution in [0.2, 0.25) is 0 Å². The lowest BCUT2D eigenvalue weighted by molar-refractivity contribution is -0.116. The molecule has 0 radical (unpaired) electrons. The maximum absolute atomic E-state index is 12.4. The third kappa shape index (κ3) is 4.78. The van der Waals surface area contributed by atoms with Gasteiger partial charge in [0.15, 0.2) is 0 Å². The molecule has 0 spiro atoms. The van der Waals surface area contributed by atoms with E-state index >= 15 is 0 Å². The first-order valence-corrected chi connectivity index (χ1v) is 9.67. The number of piperidine rings is 1. The average Bonchev–Trinajstić information content (AvgIpc) is 2.70. The van der Waals surface area contributed by atoms with Gasteiger partial charge in [-0.1, -0.05) is 19.1 Å². The summed E-state index contributed by atoms with van der Waals surface area (Å²) in [5.74, 6) is -0.0321. The highest BCUT2D eigenvalue weighted by Gasteiger charge is 2.14. The van der Waals surface area contributed by atoms with Gasteiger partial charge in [-0.2, -0.15) is 0 Å². The molecule has 0 saturated carbocycles. The smallest absolute Gasteiger partial charge is 0.246 e. The number of anilines is 3. The summed E-state index contributed by atoms with van der Waals surface area (Å²) in [5, 5.41) is 6.25. The van der Waals surface area contributed by atoms with E-state index in [-0.39, 0.29) is 11.9 Å². The van der Waals surface area contributed by atoms with Crippen molar-refractivity contribution in [1.82, 2.24) is 0 Å². The van der Waals surface area contributed by atoms with E-state index in [1.54, 1.807) is 0 Å². The minimum absolute atomic E-state index is 0.0321. The van der Waals surface area contributed by atoms with Crippen LogP contribution in [0.4, 0.5) is 17.1 Å². The molecule has 0 bridgehead atoms. The average molecular weight is 351 g/mol. The van der Waals surface area contributed by atoms with Gasteiger partial charge in [0.25, 0.3) is 0 Å². The molecule has 1 amide bonds. The van der Waals surface area contributed by atoms with Gasteiger partial charge in [0.2, 0.25) is 5.91 Å². The Labute approximate surface area is 156 Å². The van der Waals surface area contributed by atoms with Crippen molar-refractivity contribution in [2.45, 2.75) is 45.6 Å². The first-order valence-electron chi connectivity index (χ1n) is 9.67. The highest BCUT2D eigenvalue weighted by molar-refractivity contribution is 5.96. The molecule has 0 aromatic heterocycles. The van der Waals surface area contributed by atoms with E-state index in [4.69, 9.17) is 0 Å². The van der Waals surface area contributed by atoms with Crippen LogP contribution >= 0.6 is 0 Å². The predicted octanol–water partition coefficient (Wildman–Crippen LogP) is 4.68. The van der Waals surface area contributed by atoms with Gasteiger partial charge >= 0.3 is 0 Å². The number of nitrogens with one attached hydrogen (secondary N) is 2. The van der Waals surface area contributed by atoms with Crippen LogP contribution in [0.1, 0.15) is 38.7 Å². The fraction of sp³-hybridized carbons (Fsp3) is 0.409. The van der Waals surface area contributed by atoms with Gasteiger partial charge in [0.1, 0.15) is 6.04 Å². The Kier molecular flexibility index (Phi) is 6.16. The van der Waals surface area contributed by atoms with E-state index in [1.807, 2.05) is 31.2 Å². The van der Waals surface area contributed by atoms with Gasteiger partial charge in [-0.25, -0.2) is 0 Å². The zero-order chi connectivity index (χ0) is 18.4. The molecule has 138 valence electrons. The first-order chi connectivity index (χ1) is 12.7. The standard InChI is InChI=1S/C22H29N3O/c1-3-18-7-9-19(10-8-18)23-17(2)22(26)24-20-11-13-21(14-12-20)25-15-5-4-6-16-25/h7-14,17,23H,3-6,15-16H2,1-2H3,(H,24,26). The SMILES string of the molecule is CCc1ccc(NC(C)C(=O)Nc2ccc(N3CCCCC3)cc2)cc1. The molecule has 1 aliphatic heterocycles. The fourth-order valence-corrected chi connectivity index (χ4v) is 3.31. The molecule has 1 heterocycles. The van der Waals surface area contributed by atoms with Crippen molar-refractivity contribution in [3.63, 3.8) is 0 Å². The zero-order valence-electron chi connectivity index (χ0n) is 15.8. The predicted molar refractivity (Wildman–Crippen MR) is 110 cm³/mol. The Morgan fingerprint density at radius 3 is 2.19 bits per heavy atom. The number of aryl methyl sites for hydroxylation is 1. The lowest BCUT2D eigenvalue weighted by atomic mass is 10.1. The van der Waals surface area contributed by atoms with Crippen LogP contribution in [0.3, 0.4) is 0 Å². The highest BCUT2D eigenvalue weighted by atomic mass is 16.2. The van der Waals surface area contributed by atoms with E-state index in [2.05, 4.69) is 46.7 Å². The van der Waals surface area contributed by atoms with Crippen molar-refractivity contribution in [3.05, 3.63) is 54.1 Å². The second-order valence-electron chi connectivity index (χ2n) is 7.00. The van der Waals surface area contributed by atoms with E-state index in [1.165, 1.54) is 30.5 Å². The molecule has 2 N–H and O–H groups in total. The van der Waals surface area contributed by atoms with Gasteiger partial charge in [-0.3, -0.25) is 4.79 Å². The highest BCUT2D eigenvalue weighted by Crippen LogP contribution is 2.22. The maximum Gasteiger partial charge on any atom is 0.246 e. The molecule has 4 heteroatoms. The summed E-state index contributed by atoms with van der Waals surface area (Å²) < 4.78 is 0. The third-order valence-electron chi connectivity index (χ3n) is 4.99. The van der Waals surface area contributed by atoms with E-state index in [0.29, 0.717) is 0 Å². The number of nitrogens with zero attached hydrogens (tertiary/aromatic N) is 1. The number of amides is 1. The molecular formula is C22H29N3O. The van der Waals surface area contributed by atoms with Crippen molar-refractivity contribution < 1.29 is 4.79 Å². The molecule has 1 atom stereocenters. The largest absolute Gasteiger partial charge is 0.374 e. The van der Waals surface area contributed by atoms with E-state index < -0.39 is 0 Å². The molecular weight excluding hydrogens is 322 g/mol. The lowest BCUT2D eigenvalue weighted by Gasteiger charge is -2.28. The molecule has 2 aromatic carbocycles. The fourth-order valence-electron chi connectivity index (χ4n) is 3.31. The first kappa shape index (κ1) is 18.3. The van der Waals surface area contributed by atoms with Crippen molar-refractivity contribution in [2.75, 3.05) is 28.6 Å². The van der Waals surface area contributed by atoms with Gasteiger partial charge < -0.3 is 15.5 Å². The second kappa shape index (κ2) is 8.75. The maximum atomic E-state index is 12.4. The van der Waals surface area contributed by atoms with Crippen LogP contribution in [0, 0.1) is 0 Å².